The van der Waals surface area contributed by atoms with Crippen LogP contribution >= 0.6 is 0 Å². The molecule has 0 bridgehead atoms. The highest BCUT2D eigenvalue weighted by Crippen LogP contribution is 2.22. The molecular formula is C42H74O10. The molecule has 0 amide bonds. The molecule has 52 heavy (non-hydrogen) atoms. The maximum atomic E-state index is 12.7. The summed E-state index contributed by atoms with van der Waals surface area (Å²) < 4.78 is 22.0. The molecule has 1 fully saturated rings. The number of aliphatic hydroxyl groups is 4. The molecule has 4 N–H and O–H groups in total. The molecule has 10 nitrogen and oxygen atoms in total. The van der Waals surface area contributed by atoms with E-state index >= 15 is 0 Å². The van der Waals surface area contributed by atoms with E-state index in [2.05, 4.69) is 50.3 Å². The minimum Gasteiger partial charge on any atom is -0.462 e. The SMILES string of the molecule is CCCCC/C=C/C/C=C/C/C=C/CCCCC(=O)OC[C@@H](CO[C@H]1O[C@@H](CO)[C@@H](O)C(O)C1O)OC(=O)CCCCCCCCCCCCCC. The van der Waals surface area contributed by atoms with Gasteiger partial charge in [-0.15, -0.1) is 0 Å². The van der Waals surface area contributed by atoms with Gasteiger partial charge in [0.05, 0.1) is 13.2 Å². The van der Waals surface area contributed by atoms with Crippen molar-refractivity contribution < 1.29 is 49.0 Å². The first-order valence-corrected chi connectivity index (χ1v) is 20.6. The zero-order valence-electron chi connectivity index (χ0n) is 32.6. The first kappa shape index (κ1) is 47.9. The molecule has 0 aromatic heterocycles. The highest BCUT2D eigenvalue weighted by Gasteiger charge is 2.44. The quantitative estimate of drug-likeness (QED) is 0.0297. The van der Waals surface area contributed by atoms with Gasteiger partial charge in [-0.3, -0.25) is 9.59 Å². The third kappa shape index (κ3) is 25.0. The lowest BCUT2D eigenvalue weighted by molar-refractivity contribution is -0.305. The van der Waals surface area contributed by atoms with Gasteiger partial charge in [-0.1, -0.05) is 134 Å². The van der Waals surface area contributed by atoms with Crippen LogP contribution in [-0.2, 0) is 28.5 Å². The van der Waals surface area contributed by atoms with Crippen LogP contribution in [0.2, 0.25) is 0 Å². The zero-order valence-corrected chi connectivity index (χ0v) is 32.6. The number of unbranched alkanes of at least 4 members (excludes halogenated alkanes) is 16. The van der Waals surface area contributed by atoms with Gasteiger partial charge in [-0.25, -0.2) is 0 Å². The summed E-state index contributed by atoms with van der Waals surface area (Å²) >= 11 is 0. The Bertz CT molecular complexity index is 949. The number of carbonyl (C=O) groups excluding carboxylic acids is 2. The van der Waals surface area contributed by atoms with Gasteiger partial charge in [0.15, 0.2) is 12.4 Å². The third-order valence-electron chi connectivity index (χ3n) is 9.28. The fourth-order valence-corrected chi connectivity index (χ4v) is 5.96. The van der Waals surface area contributed by atoms with Crippen LogP contribution in [0.4, 0.5) is 0 Å². The van der Waals surface area contributed by atoms with Gasteiger partial charge in [-0.05, 0) is 51.4 Å². The molecule has 2 unspecified atom stereocenters. The maximum absolute atomic E-state index is 12.7. The second-order valence-corrected chi connectivity index (χ2v) is 14.1. The number of allylic oxidation sites excluding steroid dienone is 6. The van der Waals surface area contributed by atoms with Crippen LogP contribution in [0.25, 0.3) is 0 Å². The second kappa shape index (κ2) is 33.5. The summed E-state index contributed by atoms with van der Waals surface area (Å²) in [6.45, 7) is 3.33. The minimum atomic E-state index is -1.60. The van der Waals surface area contributed by atoms with Gasteiger partial charge in [0, 0.05) is 12.8 Å². The molecule has 1 aliphatic rings. The number of hydrogen-bond donors (Lipinski definition) is 4. The van der Waals surface area contributed by atoms with Crippen molar-refractivity contribution in [2.45, 2.75) is 198 Å². The summed E-state index contributed by atoms with van der Waals surface area (Å²) in [4.78, 5) is 25.2. The fourth-order valence-electron chi connectivity index (χ4n) is 5.96. The number of aliphatic hydroxyl groups excluding tert-OH is 4. The Hall–Kier alpha value is -2.08. The Morgan fingerprint density at radius 1 is 0.596 bits per heavy atom. The Morgan fingerprint density at radius 3 is 1.65 bits per heavy atom. The molecule has 0 aliphatic carbocycles. The van der Waals surface area contributed by atoms with E-state index in [1.807, 2.05) is 0 Å². The Morgan fingerprint density at radius 2 is 1.08 bits per heavy atom. The van der Waals surface area contributed by atoms with Gasteiger partial charge in [-0.2, -0.15) is 0 Å². The van der Waals surface area contributed by atoms with Crippen molar-refractivity contribution in [2.75, 3.05) is 19.8 Å². The van der Waals surface area contributed by atoms with Crippen molar-refractivity contribution in [2.24, 2.45) is 0 Å². The lowest BCUT2D eigenvalue weighted by atomic mass is 9.99. The van der Waals surface area contributed by atoms with Crippen molar-refractivity contribution in [1.82, 2.24) is 0 Å². The van der Waals surface area contributed by atoms with E-state index in [1.54, 1.807) is 0 Å². The van der Waals surface area contributed by atoms with Crippen molar-refractivity contribution in [1.29, 1.82) is 0 Å². The highest BCUT2D eigenvalue weighted by molar-refractivity contribution is 5.70. The van der Waals surface area contributed by atoms with Crippen LogP contribution in [-0.4, -0.2) is 89.0 Å². The molecule has 1 rings (SSSR count). The zero-order chi connectivity index (χ0) is 38.1. The topological polar surface area (TPSA) is 152 Å². The summed E-state index contributed by atoms with van der Waals surface area (Å²) in [6, 6.07) is 0. The fraction of sp³-hybridized carbons (Fsp3) is 0.810. The number of esters is 2. The Labute approximate surface area is 315 Å². The normalized spacial score (nSPS) is 21.4. The van der Waals surface area contributed by atoms with Crippen molar-refractivity contribution in [3.63, 3.8) is 0 Å². The highest BCUT2D eigenvalue weighted by atomic mass is 16.7. The van der Waals surface area contributed by atoms with E-state index in [0.717, 1.165) is 51.4 Å². The minimum absolute atomic E-state index is 0.224. The lowest BCUT2D eigenvalue weighted by Crippen LogP contribution is -2.59. The van der Waals surface area contributed by atoms with E-state index < -0.39 is 55.4 Å². The molecule has 0 aromatic rings. The van der Waals surface area contributed by atoms with Crippen LogP contribution < -0.4 is 0 Å². The van der Waals surface area contributed by atoms with Crippen LogP contribution in [0, 0.1) is 0 Å². The predicted molar refractivity (Wildman–Crippen MR) is 206 cm³/mol. The number of carbonyl (C=O) groups is 2. The molecule has 10 heteroatoms. The summed E-state index contributed by atoms with van der Waals surface area (Å²) in [6.07, 6.45) is 28.7. The molecule has 0 spiro atoms. The van der Waals surface area contributed by atoms with Crippen LogP contribution in [0.3, 0.4) is 0 Å². The summed E-state index contributed by atoms with van der Waals surface area (Å²) in [5.74, 6) is -0.851. The summed E-state index contributed by atoms with van der Waals surface area (Å²) in [5.41, 5.74) is 0. The molecule has 6 atom stereocenters. The molecule has 0 radical (unpaired) electrons. The molecule has 1 heterocycles. The third-order valence-corrected chi connectivity index (χ3v) is 9.28. The number of rotatable bonds is 33. The smallest absolute Gasteiger partial charge is 0.306 e. The Balaban J connectivity index is 2.40. The van der Waals surface area contributed by atoms with Crippen LogP contribution in [0.1, 0.15) is 162 Å². The molecule has 1 saturated heterocycles. The van der Waals surface area contributed by atoms with E-state index in [4.69, 9.17) is 18.9 Å². The van der Waals surface area contributed by atoms with Gasteiger partial charge in [0.2, 0.25) is 0 Å². The molecule has 302 valence electrons. The predicted octanol–water partition coefficient (Wildman–Crippen LogP) is 7.94. The van der Waals surface area contributed by atoms with Crippen LogP contribution in [0.5, 0.6) is 0 Å². The largest absolute Gasteiger partial charge is 0.462 e. The van der Waals surface area contributed by atoms with Crippen LogP contribution in [0.15, 0.2) is 36.5 Å². The second-order valence-electron chi connectivity index (χ2n) is 14.1. The average Bonchev–Trinajstić information content (AvgIpc) is 3.14. The summed E-state index contributed by atoms with van der Waals surface area (Å²) in [7, 11) is 0. The average molecular weight is 739 g/mol. The van der Waals surface area contributed by atoms with E-state index in [0.29, 0.717) is 12.8 Å². The number of ether oxygens (including phenoxy) is 4. The van der Waals surface area contributed by atoms with E-state index in [1.165, 1.54) is 70.6 Å². The van der Waals surface area contributed by atoms with Crippen molar-refractivity contribution in [3.8, 4) is 0 Å². The lowest BCUT2D eigenvalue weighted by Gasteiger charge is -2.39. The van der Waals surface area contributed by atoms with E-state index in [9.17, 15) is 30.0 Å². The molecule has 1 aliphatic heterocycles. The first-order valence-electron chi connectivity index (χ1n) is 20.6. The van der Waals surface area contributed by atoms with Crippen molar-refractivity contribution in [3.05, 3.63) is 36.5 Å². The number of hydrogen-bond acceptors (Lipinski definition) is 10. The maximum Gasteiger partial charge on any atom is 0.306 e. The summed E-state index contributed by atoms with van der Waals surface area (Å²) in [5, 5.41) is 39.9. The molecule has 0 saturated carbocycles. The van der Waals surface area contributed by atoms with Crippen molar-refractivity contribution >= 4 is 11.9 Å². The monoisotopic (exact) mass is 739 g/mol. The first-order chi connectivity index (χ1) is 25.3. The van der Waals surface area contributed by atoms with Gasteiger partial charge >= 0.3 is 11.9 Å². The molecule has 0 aromatic carbocycles. The van der Waals surface area contributed by atoms with E-state index in [-0.39, 0.29) is 26.1 Å². The standard InChI is InChI=1S/C42H74O10/c1-3-5-7-9-11-13-15-17-18-19-21-22-24-26-28-30-37(44)49-33-35(34-50-42-41(48)40(47)39(46)36(32-43)52-42)51-38(45)31-29-27-25-23-20-16-14-12-10-8-6-4-2/h11,13,17-18,21-22,35-36,39-43,46-48H,3-10,12,14-16,19-20,23-34H2,1-2H3/b13-11+,18-17+,22-21+/t35-,36-,39+,40?,41?,42-/m0/s1. The van der Waals surface area contributed by atoms with Gasteiger partial charge in [0.1, 0.15) is 31.0 Å². The van der Waals surface area contributed by atoms with Gasteiger partial charge in [0.25, 0.3) is 0 Å². The molecular weight excluding hydrogens is 664 g/mol. The Kier molecular flexibility index (Phi) is 30.9. The van der Waals surface area contributed by atoms with Gasteiger partial charge < -0.3 is 39.4 Å².